The zero-order valence-corrected chi connectivity index (χ0v) is 20.6. The quantitative estimate of drug-likeness (QED) is 0.469. The first-order valence-corrected chi connectivity index (χ1v) is 11.7. The fraction of sp³-hybridized carbons (Fsp3) is 0.208. The first-order chi connectivity index (χ1) is 15.7. The van der Waals surface area contributed by atoms with Crippen LogP contribution in [0.5, 0.6) is 11.5 Å². The van der Waals surface area contributed by atoms with Crippen LogP contribution in [0.2, 0.25) is 0 Å². The standard InChI is InChI=1S/C24H22BrNO6S/c1-4-31-18-10-15(16(25)12-17(18)27)11-19-21(28)20(24(30)32-5-2)23(33-19)26-22(29)14-8-6-13(3)7-9-14/h6-12,27-28H,4-5H2,1-3H3/b19-11-,26-23?. The fourth-order valence-corrected chi connectivity index (χ4v) is 4.38. The summed E-state index contributed by atoms with van der Waals surface area (Å²) in [6.07, 6.45) is 1.60. The molecule has 1 aliphatic heterocycles. The summed E-state index contributed by atoms with van der Waals surface area (Å²) in [7, 11) is 0. The van der Waals surface area contributed by atoms with E-state index in [2.05, 4.69) is 20.9 Å². The first-order valence-electron chi connectivity index (χ1n) is 10.1. The number of aryl methyl sites for hydroxylation is 1. The third kappa shape index (κ3) is 5.66. The number of aliphatic imine (C=N–C) groups is 1. The van der Waals surface area contributed by atoms with Gasteiger partial charge in [-0.3, -0.25) is 4.79 Å². The minimum atomic E-state index is -0.777. The lowest BCUT2D eigenvalue weighted by Gasteiger charge is -2.09. The number of amides is 1. The molecule has 0 radical (unpaired) electrons. The highest BCUT2D eigenvalue weighted by molar-refractivity contribution is 9.10. The normalized spacial score (nSPS) is 15.9. The molecule has 0 spiro atoms. The maximum Gasteiger partial charge on any atom is 0.344 e. The molecule has 0 aliphatic carbocycles. The van der Waals surface area contributed by atoms with Crippen molar-refractivity contribution in [3.63, 3.8) is 0 Å². The smallest absolute Gasteiger partial charge is 0.344 e. The number of carbonyl (C=O) groups excluding carboxylic acids is 2. The van der Waals surface area contributed by atoms with Gasteiger partial charge < -0.3 is 19.7 Å². The van der Waals surface area contributed by atoms with Crippen molar-refractivity contribution in [3.8, 4) is 11.5 Å². The number of esters is 1. The first kappa shape index (κ1) is 24.6. The van der Waals surface area contributed by atoms with Crippen LogP contribution in [0.3, 0.4) is 0 Å². The van der Waals surface area contributed by atoms with E-state index in [0.29, 0.717) is 27.1 Å². The Morgan fingerprint density at radius 1 is 1.12 bits per heavy atom. The monoisotopic (exact) mass is 531 g/mol. The van der Waals surface area contributed by atoms with E-state index in [0.717, 1.165) is 17.3 Å². The van der Waals surface area contributed by atoms with Crippen molar-refractivity contribution < 1.29 is 29.3 Å². The Bertz CT molecular complexity index is 1180. The summed E-state index contributed by atoms with van der Waals surface area (Å²) in [6, 6.07) is 9.94. The predicted octanol–water partition coefficient (Wildman–Crippen LogP) is 5.56. The van der Waals surface area contributed by atoms with Gasteiger partial charge in [-0.2, -0.15) is 0 Å². The molecule has 1 heterocycles. The lowest BCUT2D eigenvalue weighted by atomic mass is 10.1. The van der Waals surface area contributed by atoms with Gasteiger partial charge in [0.25, 0.3) is 5.91 Å². The van der Waals surface area contributed by atoms with Crippen LogP contribution in [0.25, 0.3) is 6.08 Å². The molecule has 2 aromatic rings. The second-order valence-corrected chi connectivity index (χ2v) is 8.80. The van der Waals surface area contributed by atoms with E-state index in [9.17, 15) is 19.8 Å². The molecule has 0 fully saturated rings. The van der Waals surface area contributed by atoms with Gasteiger partial charge in [-0.1, -0.05) is 45.4 Å². The number of aromatic hydroxyl groups is 1. The fourth-order valence-electron chi connectivity index (χ4n) is 2.93. The second kappa shape index (κ2) is 10.7. The molecule has 9 heteroatoms. The molecule has 0 bridgehead atoms. The molecule has 0 saturated carbocycles. The third-order valence-corrected chi connectivity index (χ3v) is 6.24. The summed E-state index contributed by atoms with van der Waals surface area (Å²) in [6.45, 7) is 5.80. The number of nitrogens with zero attached hydrogens (tertiary/aromatic N) is 1. The van der Waals surface area contributed by atoms with E-state index in [4.69, 9.17) is 9.47 Å². The Hall–Kier alpha value is -3.04. The van der Waals surface area contributed by atoms with E-state index in [-0.39, 0.29) is 34.5 Å². The van der Waals surface area contributed by atoms with E-state index < -0.39 is 11.9 Å². The SMILES string of the molecule is CCOC(=O)C1=C(O)/C(=C/c2cc(OCC)c(O)cc2Br)SC1=NC(=O)c1ccc(C)cc1. The highest BCUT2D eigenvalue weighted by Gasteiger charge is 2.34. The van der Waals surface area contributed by atoms with E-state index in [1.807, 2.05) is 6.92 Å². The van der Waals surface area contributed by atoms with Crippen LogP contribution in [0.4, 0.5) is 0 Å². The van der Waals surface area contributed by atoms with Crippen LogP contribution < -0.4 is 4.74 Å². The number of thioether (sulfide) groups is 1. The number of aliphatic hydroxyl groups excluding tert-OH is 1. The second-order valence-electron chi connectivity index (χ2n) is 6.92. The average molecular weight is 532 g/mol. The molecular weight excluding hydrogens is 510 g/mol. The van der Waals surface area contributed by atoms with Crippen LogP contribution in [0, 0.1) is 6.92 Å². The van der Waals surface area contributed by atoms with Crippen molar-refractivity contribution in [1.29, 1.82) is 0 Å². The molecule has 2 N–H and O–H groups in total. The Balaban J connectivity index is 2.05. The molecular formula is C24H22BrNO6S. The van der Waals surface area contributed by atoms with Gasteiger partial charge in [-0.15, -0.1) is 0 Å². The minimum absolute atomic E-state index is 0.0390. The minimum Gasteiger partial charge on any atom is -0.506 e. The van der Waals surface area contributed by atoms with Gasteiger partial charge in [0, 0.05) is 10.0 Å². The van der Waals surface area contributed by atoms with Crippen molar-refractivity contribution in [2.75, 3.05) is 13.2 Å². The summed E-state index contributed by atoms with van der Waals surface area (Å²) in [5.41, 5.74) is 1.76. The molecule has 0 unspecified atom stereocenters. The molecule has 7 nitrogen and oxygen atoms in total. The summed E-state index contributed by atoms with van der Waals surface area (Å²) >= 11 is 4.35. The van der Waals surface area contributed by atoms with Gasteiger partial charge in [-0.05, 0) is 56.7 Å². The average Bonchev–Trinajstić information content (AvgIpc) is 3.06. The van der Waals surface area contributed by atoms with Crippen LogP contribution in [0.1, 0.15) is 35.3 Å². The van der Waals surface area contributed by atoms with E-state index >= 15 is 0 Å². The maximum atomic E-state index is 12.7. The number of rotatable bonds is 6. The summed E-state index contributed by atoms with van der Waals surface area (Å²) in [5, 5.41) is 20.9. The third-order valence-electron chi connectivity index (χ3n) is 4.54. The van der Waals surface area contributed by atoms with Crippen LogP contribution in [-0.4, -0.2) is 40.3 Å². The topological polar surface area (TPSA) is 105 Å². The number of benzene rings is 2. The zero-order chi connectivity index (χ0) is 24.1. The Morgan fingerprint density at radius 2 is 1.82 bits per heavy atom. The van der Waals surface area contributed by atoms with Gasteiger partial charge in [0.2, 0.25) is 0 Å². The van der Waals surface area contributed by atoms with Crippen molar-refractivity contribution in [3.05, 3.63) is 73.8 Å². The van der Waals surface area contributed by atoms with Gasteiger partial charge >= 0.3 is 5.97 Å². The van der Waals surface area contributed by atoms with Gasteiger partial charge in [0.15, 0.2) is 11.5 Å². The highest BCUT2D eigenvalue weighted by Crippen LogP contribution is 2.41. The molecule has 1 aliphatic rings. The number of carbonyl (C=O) groups is 2. The number of phenols is 1. The molecule has 1 amide bonds. The Labute approximate surface area is 204 Å². The van der Waals surface area contributed by atoms with E-state index in [1.165, 1.54) is 6.07 Å². The number of aliphatic hydroxyl groups is 1. The summed E-state index contributed by atoms with van der Waals surface area (Å²) in [5.74, 6) is -1.43. The molecule has 3 rings (SSSR count). The maximum absolute atomic E-state index is 12.7. The summed E-state index contributed by atoms with van der Waals surface area (Å²) < 4.78 is 11.0. The predicted molar refractivity (Wildman–Crippen MR) is 132 cm³/mol. The zero-order valence-electron chi connectivity index (χ0n) is 18.2. The van der Waals surface area contributed by atoms with Crippen molar-refractivity contribution in [1.82, 2.24) is 0 Å². The lowest BCUT2D eigenvalue weighted by molar-refractivity contribution is -0.138. The molecule has 0 saturated heterocycles. The highest BCUT2D eigenvalue weighted by atomic mass is 79.9. The van der Waals surface area contributed by atoms with Gasteiger partial charge in [-0.25, -0.2) is 9.79 Å². The van der Waals surface area contributed by atoms with Gasteiger partial charge in [0.05, 0.1) is 18.1 Å². The Morgan fingerprint density at radius 3 is 2.45 bits per heavy atom. The lowest BCUT2D eigenvalue weighted by Crippen LogP contribution is -2.14. The number of halogens is 1. The van der Waals surface area contributed by atoms with Crippen molar-refractivity contribution >= 4 is 50.7 Å². The van der Waals surface area contributed by atoms with Crippen LogP contribution in [-0.2, 0) is 9.53 Å². The molecule has 0 atom stereocenters. The molecule has 0 aromatic heterocycles. The number of hydrogen-bond acceptors (Lipinski definition) is 7. The van der Waals surface area contributed by atoms with Crippen molar-refractivity contribution in [2.45, 2.75) is 20.8 Å². The van der Waals surface area contributed by atoms with Crippen LogP contribution >= 0.6 is 27.7 Å². The Kier molecular flexibility index (Phi) is 7.99. The van der Waals surface area contributed by atoms with Gasteiger partial charge in [0.1, 0.15) is 16.4 Å². The number of ether oxygens (including phenoxy) is 2. The summed E-state index contributed by atoms with van der Waals surface area (Å²) in [4.78, 5) is 29.6. The largest absolute Gasteiger partial charge is 0.506 e. The van der Waals surface area contributed by atoms with Crippen molar-refractivity contribution in [2.24, 2.45) is 4.99 Å². The van der Waals surface area contributed by atoms with Crippen LogP contribution in [0.15, 0.2) is 62.1 Å². The molecule has 172 valence electrons. The molecule has 2 aromatic carbocycles. The number of phenolic OH excluding ortho intramolecular Hbond substituents is 1. The van der Waals surface area contributed by atoms with E-state index in [1.54, 1.807) is 50.3 Å². The number of hydrogen-bond donors (Lipinski definition) is 2. The molecule has 33 heavy (non-hydrogen) atoms.